The van der Waals surface area contributed by atoms with Crippen molar-refractivity contribution in [3.8, 4) is 0 Å². The molecule has 1 aromatic carbocycles. The van der Waals surface area contributed by atoms with E-state index >= 15 is 0 Å². The second kappa shape index (κ2) is 8.26. The summed E-state index contributed by atoms with van der Waals surface area (Å²) in [5.41, 5.74) is 1.47. The van der Waals surface area contributed by atoms with Crippen LogP contribution in [0.1, 0.15) is 17.2 Å². The van der Waals surface area contributed by atoms with Crippen molar-refractivity contribution in [3.63, 3.8) is 0 Å². The minimum atomic E-state index is -0.490. The van der Waals surface area contributed by atoms with E-state index in [0.717, 1.165) is 5.56 Å². The molecule has 0 bridgehead atoms. The van der Waals surface area contributed by atoms with Crippen molar-refractivity contribution in [2.75, 3.05) is 7.05 Å². The van der Waals surface area contributed by atoms with Crippen LogP contribution in [0.5, 0.6) is 0 Å². The molecule has 1 atom stereocenters. The highest BCUT2D eigenvalue weighted by atomic mass is 79.9. The van der Waals surface area contributed by atoms with Crippen molar-refractivity contribution in [1.82, 2.24) is 20.4 Å². The fourth-order valence-electron chi connectivity index (χ4n) is 2.04. The standard InChI is InChI=1S/C14H16BrFN4O.ClH/c1-17-13(10-7-19-20(2)8-10)14(21)18-6-9-3-11(15)5-12(16)4-9;/h3-5,7-8,13,17H,6H2,1-2H3,(H,18,21);1H. The first-order valence-corrected chi connectivity index (χ1v) is 7.17. The van der Waals surface area contributed by atoms with Crippen molar-refractivity contribution in [3.05, 3.63) is 52.0 Å². The highest BCUT2D eigenvalue weighted by molar-refractivity contribution is 9.10. The zero-order valence-corrected chi connectivity index (χ0v) is 14.5. The third-order valence-corrected chi connectivity index (χ3v) is 3.46. The maximum absolute atomic E-state index is 13.3. The van der Waals surface area contributed by atoms with E-state index in [1.54, 1.807) is 37.2 Å². The molecule has 8 heteroatoms. The number of halogens is 3. The maximum Gasteiger partial charge on any atom is 0.242 e. The van der Waals surface area contributed by atoms with Gasteiger partial charge in [-0.15, -0.1) is 12.4 Å². The Bertz CT molecular complexity index is 629. The summed E-state index contributed by atoms with van der Waals surface area (Å²) in [5.74, 6) is -0.531. The van der Waals surface area contributed by atoms with E-state index in [0.29, 0.717) is 10.0 Å². The van der Waals surface area contributed by atoms with E-state index < -0.39 is 6.04 Å². The zero-order valence-electron chi connectivity index (χ0n) is 12.1. The van der Waals surface area contributed by atoms with Crippen LogP contribution in [0, 0.1) is 5.82 Å². The quantitative estimate of drug-likeness (QED) is 0.822. The molecule has 0 saturated carbocycles. The highest BCUT2D eigenvalue weighted by Crippen LogP contribution is 2.15. The Morgan fingerprint density at radius 1 is 1.45 bits per heavy atom. The number of likely N-dealkylation sites (N-methyl/N-ethyl adjacent to an activating group) is 1. The first-order chi connectivity index (χ1) is 9.99. The van der Waals surface area contributed by atoms with Gasteiger partial charge in [0.25, 0.3) is 0 Å². The third-order valence-electron chi connectivity index (χ3n) is 3.00. The first-order valence-electron chi connectivity index (χ1n) is 6.38. The Morgan fingerprint density at radius 3 is 2.73 bits per heavy atom. The second-order valence-corrected chi connectivity index (χ2v) is 5.58. The zero-order chi connectivity index (χ0) is 15.4. The molecular formula is C14H17BrClFN4O. The van der Waals surface area contributed by atoms with Gasteiger partial charge in [0, 0.05) is 29.8 Å². The maximum atomic E-state index is 13.3. The SMILES string of the molecule is CNC(C(=O)NCc1cc(F)cc(Br)c1)c1cnn(C)c1.Cl. The number of amides is 1. The van der Waals surface area contributed by atoms with Gasteiger partial charge in [-0.1, -0.05) is 15.9 Å². The number of aromatic nitrogens is 2. The second-order valence-electron chi connectivity index (χ2n) is 4.66. The average molecular weight is 392 g/mol. The smallest absolute Gasteiger partial charge is 0.242 e. The van der Waals surface area contributed by atoms with E-state index in [1.807, 2.05) is 0 Å². The first kappa shape index (κ1) is 18.6. The highest BCUT2D eigenvalue weighted by Gasteiger charge is 2.19. The minimum Gasteiger partial charge on any atom is -0.350 e. The van der Waals surface area contributed by atoms with Gasteiger partial charge in [-0.05, 0) is 30.8 Å². The van der Waals surface area contributed by atoms with Crippen molar-refractivity contribution < 1.29 is 9.18 Å². The molecule has 0 aliphatic rings. The molecule has 22 heavy (non-hydrogen) atoms. The number of nitrogens with one attached hydrogen (secondary N) is 2. The van der Waals surface area contributed by atoms with Gasteiger partial charge in [0.15, 0.2) is 0 Å². The molecule has 1 unspecified atom stereocenters. The Kier molecular flexibility index (Phi) is 6.99. The summed E-state index contributed by atoms with van der Waals surface area (Å²) in [5, 5.41) is 9.78. The lowest BCUT2D eigenvalue weighted by Crippen LogP contribution is -2.35. The molecule has 2 rings (SSSR count). The van der Waals surface area contributed by atoms with Gasteiger partial charge in [-0.2, -0.15) is 5.10 Å². The van der Waals surface area contributed by atoms with Crippen LogP contribution in [0.25, 0.3) is 0 Å². The Hall–Kier alpha value is -1.44. The Morgan fingerprint density at radius 2 is 2.18 bits per heavy atom. The van der Waals surface area contributed by atoms with Crippen LogP contribution in [0.15, 0.2) is 35.1 Å². The lowest BCUT2D eigenvalue weighted by molar-refractivity contribution is -0.123. The van der Waals surface area contributed by atoms with Crippen LogP contribution in [0.2, 0.25) is 0 Å². The lowest BCUT2D eigenvalue weighted by atomic mass is 10.1. The number of carbonyl (C=O) groups excluding carboxylic acids is 1. The van der Waals surface area contributed by atoms with Gasteiger partial charge in [-0.25, -0.2) is 4.39 Å². The van der Waals surface area contributed by atoms with Crippen molar-refractivity contribution in [1.29, 1.82) is 0 Å². The van der Waals surface area contributed by atoms with Gasteiger partial charge >= 0.3 is 0 Å². The number of hydrogen-bond donors (Lipinski definition) is 2. The molecule has 0 fully saturated rings. The van der Waals surface area contributed by atoms with Crippen molar-refractivity contribution in [2.24, 2.45) is 7.05 Å². The molecule has 1 amide bonds. The monoisotopic (exact) mass is 390 g/mol. The minimum absolute atomic E-state index is 0. The molecule has 0 spiro atoms. The summed E-state index contributed by atoms with van der Waals surface area (Å²) in [6.45, 7) is 0.258. The molecule has 0 aliphatic carbocycles. The van der Waals surface area contributed by atoms with E-state index in [-0.39, 0.29) is 30.7 Å². The molecule has 0 saturated heterocycles. The third kappa shape index (κ3) is 4.79. The van der Waals surface area contributed by atoms with Crippen LogP contribution < -0.4 is 10.6 Å². The number of nitrogens with zero attached hydrogens (tertiary/aromatic N) is 2. The van der Waals surface area contributed by atoms with E-state index in [1.165, 1.54) is 12.1 Å². The summed E-state index contributed by atoms with van der Waals surface area (Å²) in [6, 6.07) is 4.04. The van der Waals surface area contributed by atoms with E-state index in [9.17, 15) is 9.18 Å². The number of aryl methyl sites for hydroxylation is 1. The Balaban J connectivity index is 0.00000242. The average Bonchev–Trinajstić information content (AvgIpc) is 2.82. The van der Waals surface area contributed by atoms with E-state index in [4.69, 9.17) is 0 Å². The van der Waals surface area contributed by atoms with Gasteiger partial charge in [-0.3, -0.25) is 9.48 Å². The molecule has 5 nitrogen and oxygen atoms in total. The van der Waals surface area contributed by atoms with Crippen LogP contribution in [0.4, 0.5) is 4.39 Å². The van der Waals surface area contributed by atoms with Crippen LogP contribution >= 0.6 is 28.3 Å². The van der Waals surface area contributed by atoms with Gasteiger partial charge in [0.05, 0.1) is 6.20 Å². The lowest BCUT2D eigenvalue weighted by Gasteiger charge is -2.14. The van der Waals surface area contributed by atoms with Crippen molar-refractivity contribution >= 4 is 34.2 Å². The largest absolute Gasteiger partial charge is 0.350 e. The molecule has 0 aliphatic heterocycles. The van der Waals surface area contributed by atoms with Crippen LogP contribution in [-0.4, -0.2) is 22.7 Å². The predicted octanol–water partition coefficient (Wildman–Crippen LogP) is 2.32. The summed E-state index contributed by atoms with van der Waals surface area (Å²) in [7, 11) is 3.49. The molecular weight excluding hydrogens is 375 g/mol. The summed E-state index contributed by atoms with van der Waals surface area (Å²) in [4.78, 5) is 12.2. The van der Waals surface area contributed by atoms with Crippen LogP contribution in [0.3, 0.4) is 0 Å². The number of benzene rings is 1. The molecule has 0 radical (unpaired) electrons. The fourth-order valence-corrected chi connectivity index (χ4v) is 2.56. The number of rotatable bonds is 5. The fraction of sp³-hybridized carbons (Fsp3) is 0.286. The van der Waals surface area contributed by atoms with Crippen LogP contribution in [-0.2, 0) is 18.4 Å². The topological polar surface area (TPSA) is 59.0 Å². The molecule has 1 heterocycles. The van der Waals surface area contributed by atoms with Crippen molar-refractivity contribution in [2.45, 2.75) is 12.6 Å². The Labute approximate surface area is 142 Å². The summed E-state index contributed by atoms with van der Waals surface area (Å²) in [6.07, 6.45) is 3.42. The molecule has 2 N–H and O–H groups in total. The summed E-state index contributed by atoms with van der Waals surface area (Å²) < 4.78 is 15.6. The summed E-state index contributed by atoms with van der Waals surface area (Å²) >= 11 is 3.23. The predicted molar refractivity (Wildman–Crippen MR) is 88.2 cm³/mol. The number of carbonyl (C=O) groups is 1. The van der Waals surface area contributed by atoms with E-state index in [2.05, 4.69) is 31.7 Å². The van der Waals surface area contributed by atoms with Gasteiger partial charge < -0.3 is 10.6 Å². The van der Waals surface area contributed by atoms with Gasteiger partial charge in [0.1, 0.15) is 11.9 Å². The van der Waals surface area contributed by atoms with Gasteiger partial charge in [0.2, 0.25) is 5.91 Å². The number of hydrogen-bond acceptors (Lipinski definition) is 3. The molecule has 2 aromatic rings. The molecule has 120 valence electrons. The molecule has 1 aromatic heterocycles. The normalized spacial score (nSPS) is 11.6.